The van der Waals surface area contributed by atoms with Crippen molar-refractivity contribution in [1.29, 1.82) is 0 Å². The Morgan fingerprint density at radius 1 is 1.00 bits per heavy atom. The second kappa shape index (κ2) is 6.74. The number of halogens is 2. The Morgan fingerprint density at radius 3 is 1.65 bits per heavy atom. The molecule has 0 saturated carbocycles. The van der Waals surface area contributed by atoms with Crippen molar-refractivity contribution in [3.05, 3.63) is 20.6 Å². The van der Waals surface area contributed by atoms with Crippen molar-refractivity contribution < 1.29 is 14.3 Å². The smallest absolute Gasteiger partial charge is 0.147 e. The van der Waals surface area contributed by atoms with E-state index in [0.717, 1.165) is 0 Å². The first kappa shape index (κ1) is 23.4. The first-order valence-corrected chi connectivity index (χ1v) is 19.2. The van der Waals surface area contributed by atoms with Gasteiger partial charge in [0, 0.05) is 0 Å². The van der Waals surface area contributed by atoms with Gasteiger partial charge in [0.2, 0.25) is 0 Å². The monoisotopic (exact) mass is 389 g/mol. The molecule has 0 heterocycles. The van der Waals surface area contributed by atoms with Crippen molar-refractivity contribution in [2.24, 2.45) is 5.92 Å². The fraction of sp³-hybridized carbons (Fsp3) is 0.714. The molecular weight excluding hydrogens is 357 g/mol. The predicted octanol–water partition coefficient (Wildman–Crippen LogP) is 4.76. The number of rotatable bonds is 3. The molecule has 0 saturated heterocycles. The zero-order chi connectivity index (χ0) is 14.5. The van der Waals surface area contributed by atoms with E-state index in [2.05, 4.69) is 68.9 Å². The van der Waals surface area contributed by atoms with Gasteiger partial charge in [-0.05, 0) is 0 Å². The fourth-order valence-electron chi connectivity index (χ4n) is 3.93. The van der Waals surface area contributed by atoms with Gasteiger partial charge in [-0.3, -0.25) is 0 Å². The summed E-state index contributed by atoms with van der Waals surface area (Å²) in [7, 11) is 1.06. The molecule has 1 unspecified atom stereocenters. The maximum atomic E-state index is 4.17. The zero-order valence-electron chi connectivity index (χ0n) is 14.6. The van der Waals surface area contributed by atoms with Crippen molar-refractivity contribution in [3.8, 4) is 0 Å². The van der Waals surface area contributed by atoms with Crippen LogP contribution in [0.5, 0.6) is 0 Å². The Hall–Kier alpha value is 1.17. The minimum absolute atomic E-state index is 0. The molecule has 0 amide bonds. The van der Waals surface area contributed by atoms with Gasteiger partial charge >= 0.3 is 118 Å². The van der Waals surface area contributed by atoms with E-state index < -0.39 is 22.5 Å². The van der Waals surface area contributed by atoms with Gasteiger partial charge in [0.15, 0.2) is 0 Å². The maximum Gasteiger partial charge on any atom is -0.147 e. The van der Waals surface area contributed by atoms with E-state index in [1.165, 1.54) is 0 Å². The van der Waals surface area contributed by atoms with Crippen molar-refractivity contribution in [3.63, 3.8) is 0 Å². The predicted molar refractivity (Wildman–Crippen MR) is 101 cm³/mol. The second-order valence-electron chi connectivity index (χ2n) is 8.13. The van der Waals surface area contributed by atoms with E-state index in [4.69, 9.17) is 0 Å². The zero-order valence-corrected chi connectivity index (χ0v) is 20.2. The summed E-state index contributed by atoms with van der Waals surface area (Å²) in [5, 5.41) is 5.13. The Bertz CT molecular complexity index is 510. The third kappa shape index (κ3) is 4.84. The molecule has 0 aromatic carbocycles. The Labute approximate surface area is 142 Å². The van der Waals surface area contributed by atoms with Gasteiger partial charge in [0.05, 0.1) is 0 Å². The number of allylic oxidation sites excluding steroid dienone is 4. The summed E-state index contributed by atoms with van der Waals surface area (Å²) in [6, 6.07) is 0. The van der Waals surface area contributed by atoms with Gasteiger partial charge in [-0.15, -0.1) is 24.8 Å². The molecule has 1 atom stereocenters. The van der Waals surface area contributed by atoms with E-state index in [1.807, 2.05) is 0 Å². The molecule has 1 aliphatic carbocycles. The molecule has 120 valence electrons. The summed E-state index contributed by atoms with van der Waals surface area (Å²) in [5.41, 5.74) is 4.72. The third-order valence-electron chi connectivity index (χ3n) is 4.28. The van der Waals surface area contributed by atoms with Crippen molar-refractivity contribution in [2.75, 3.05) is 0 Å². The minimum atomic E-state index is -2.68. The van der Waals surface area contributed by atoms with Crippen molar-refractivity contribution in [1.82, 2.24) is 3.46 Å². The summed E-state index contributed by atoms with van der Waals surface area (Å²) in [5.74, 6) is 0.651. The molecule has 1 aliphatic rings. The van der Waals surface area contributed by atoms with Gasteiger partial charge in [-0.25, -0.2) is 0 Å². The number of hydrogen-bond acceptors (Lipinski definition) is 1. The Kier molecular flexibility index (Phi) is 7.89. The summed E-state index contributed by atoms with van der Waals surface area (Å²) in [4.78, 5) is 0. The average Bonchev–Trinajstić information content (AvgIpc) is 2.25. The van der Waals surface area contributed by atoms with E-state index in [1.54, 1.807) is 20.6 Å². The quantitative estimate of drug-likeness (QED) is 0.685. The van der Waals surface area contributed by atoms with Gasteiger partial charge in [-0.2, -0.15) is 0 Å². The van der Waals surface area contributed by atoms with Crippen LogP contribution >= 0.6 is 24.8 Å². The van der Waals surface area contributed by atoms with Crippen LogP contribution in [0.2, 0.25) is 30.1 Å². The molecule has 1 rings (SSSR count). The summed E-state index contributed by atoms with van der Waals surface area (Å²) < 4.78 is 5.95. The number of hydrogen-bond donors (Lipinski definition) is 1. The topological polar surface area (TPSA) is 12.0 Å². The normalized spacial score (nSPS) is 20.8. The van der Waals surface area contributed by atoms with Gasteiger partial charge in [0.1, 0.15) is 0 Å². The molecule has 0 aromatic heterocycles. The van der Waals surface area contributed by atoms with Crippen molar-refractivity contribution >= 4 is 40.7 Å². The molecule has 0 spiro atoms. The standard InChI is InChI=1S/C9H13.C3H10NSi.2CH3.2ClH.H2Si.Ti/c1-6-5-7(2)9(4)8(6)3;1-5(2,3)4;;;;;;/h6H,1-4H3;4H,1-3H3;2*1H3;2*1H;1H2;/q;-1;;;;;;+1. The SMILES string of the molecule is CC1=C(C)C(C)[C]([Ti]([CH3])([CH3])(=[SiH2])[NH][Si](C)(C)C)=C1C.Cl.Cl. The third-order valence-corrected chi connectivity index (χ3v) is 20.8. The van der Waals surface area contributed by atoms with Crippen molar-refractivity contribution in [2.45, 2.75) is 57.8 Å². The summed E-state index contributed by atoms with van der Waals surface area (Å²) >= 11 is -2.68. The van der Waals surface area contributed by atoms with Crippen LogP contribution in [0.15, 0.2) is 20.6 Å². The van der Waals surface area contributed by atoms with E-state index in [0.29, 0.717) is 5.92 Å². The van der Waals surface area contributed by atoms with Crippen LogP contribution in [-0.2, 0) is 14.3 Å². The minimum Gasteiger partial charge on any atom is -0.147 e. The molecule has 1 nitrogen and oxygen atoms in total. The second-order valence-corrected chi connectivity index (χ2v) is 32.0. The van der Waals surface area contributed by atoms with Crippen LogP contribution in [0.3, 0.4) is 0 Å². The van der Waals surface area contributed by atoms with Crippen LogP contribution < -0.4 is 3.46 Å². The van der Waals surface area contributed by atoms with E-state index in [9.17, 15) is 0 Å². The van der Waals surface area contributed by atoms with Crippen LogP contribution in [-0.4, -0.2) is 15.9 Å². The maximum absolute atomic E-state index is 4.17. The molecular formula is C14H33Cl2NSi2Ti. The summed E-state index contributed by atoms with van der Waals surface area (Å²) in [6.45, 7) is 16.6. The largest absolute Gasteiger partial charge is 0.147 e. The van der Waals surface area contributed by atoms with Crippen LogP contribution in [0, 0.1) is 5.92 Å². The molecule has 20 heavy (non-hydrogen) atoms. The van der Waals surface area contributed by atoms with Crippen LogP contribution in [0.4, 0.5) is 0 Å². The average molecular weight is 390 g/mol. The van der Waals surface area contributed by atoms with Gasteiger partial charge < -0.3 is 0 Å². The Morgan fingerprint density at radius 2 is 1.40 bits per heavy atom. The molecule has 6 heteroatoms. The fourth-order valence-corrected chi connectivity index (χ4v) is 32.0. The summed E-state index contributed by atoms with van der Waals surface area (Å²) in [6.07, 6.45) is 0. The van der Waals surface area contributed by atoms with Gasteiger partial charge in [-0.1, -0.05) is 0 Å². The molecule has 0 fully saturated rings. The number of nitrogens with one attached hydrogen (secondary N) is 1. The first-order chi connectivity index (χ1) is 7.75. The molecule has 0 aliphatic heterocycles. The van der Waals surface area contributed by atoms with E-state index >= 15 is 0 Å². The molecule has 0 aromatic rings. The Balaban J connectivity index is 0. The van der Waals surface area contributed by atoms with Crippen LogP contribution in [0.25, 0.3) is 0 Å². The molecule has 1 N–H and O–H groups in total. The molecule has 0 bridgehead atoms. The first-order valence-electron chi connectivity index (χ1n) is 7.01. The van der Waals surface area contributed by atoms with Crippen LogP contribution in [0.1, 0.15) is 27.7 Å². The van der Waals surface area contributed by atoms with E-state index in [-0.39, 0.29) is 24.8 Å². The molecule has 0 radical (unpaired) electrons. The van der Waals surface area contributed by atoms with Gasteiger partial charge in [0.25, 0.3) is 0 Å².